The molecule has 29 heavy (non-hydrogen) atoms. The van der Waals surface area contributed by atoms with Crippen LogP contribution in [0, 0.1) is 0 Å². The summed E-state index contributed by atoms with van der Waals surface area (Å²) in [5, 5.41) is 4.53. The van der Waals surface area contributed by atoms with Gasteiger partial charge in [-0.3, -0.25) is 9.48 Å². The number of aromatic nitrogens is 3. The molecule has 2 aliphatic rings. The van der Waals surface area contributed by atoms with Gasteiger partial charge >= 0.3 is 0 Å². The first kappa shape index (κ1) is 18.1. The van der Waals surface area contributed by atoms with Gasteiger partial charge in [0.2, 0.25) is 0 Å². The highest BCUT2D eigenvalue weighted by Crippen LogP contribution is 2.30. The third kappa shape index (κ3) is 3.46. The Hall–Kier alpha value is -2.93. The minimum atomic E-state index is -0.0246. The quantitative estimate of drug-likeness (QED) is 0.685. The Morgan fingerprint density at radius 1 is 1.17 bits per heavy atom. The number of oxazole rings is 1. The highest BCUT2D eigenvalue weighted by Gasteiger charge is 2.30. The number of carbonyl (C=O) groups excluding carboxylic acids is 1. The summed E-state index contributed by atoms with van der Waals surface area (Å²) < 4.78 is 13.1. The predicted molar refractivity (Wildman–Crippen MR) is 106 cm³/mol. The van der Waals surface area contributed by atoms with Gasteiger partial charge in [0, 0.05) is 44.7 Å². The van der Waals surface area contributed by atoms with Gasteiger partial charge in [-0.05, 0) is 18.9 Å². The molecule has 1 amide bonds. The van der Waals surface area contributed by atoms with E-state index in [1.807, 2.05) is 48.3 Å². The lowest BCUT2D eigenvalue weighted by Crippen LogP contribution is -2.36. The monoisotopic (exact) mass is 392 g/mol. The molecule has 2 aliphatic heterocycles. The van der Waals surface area contributed by atoms with Crippen LogP contribution < -0.4 is 0 Å². The number of ether oxygens (including phenoxy) is 1. The molecule has 1 saturated heterocycles. The predicted octanol–water partition coefficient (Wildman–Crippen LogP) is 3.17. The summed E-state index contributed by atoms with van der Waals surface area (Å²) in [6.07, 6.45) is 2.58. The first-order chi connectivity index (χ1) is 14.2. The Balaban J connectivity index is 1.34. The van der Waals surface area contributed by atoms with Crippen molar-refractivity contribution < 1.29 is 13.9 Å². The maximum atomic E-state index is 13.2. The van der Waals surface area contributed by atoms with E-state index >= 15 is 0 Å². The van der Waals surface area contributed by atoms with Gasteiger partial charge < -0.3 is 14.1 Å². The summed E-state index contributed by atoms with van der Waals surface area (Å²) in [5.41, 5.74) is 3.27. The van der Waals surface area contributed by atoms with E-state index in [-0.39, 0.29) is 5.91 Å². The Morgan fingerprint density at radius 2 is 1.97 bits per heavy atom. The van der Waals surface area contributed by atoms with E-state index in [0.717, 1.165) is 54.7 Å². The number of carbonyl (C=O) groups is 1. The molecule has 0 saturated carbocycles. The van der Waals surface area contributed by atoms with Crippen LogP contribution in [-0.2, 0) is 24.8 Å². The van der Waals surface area contributed by atoms with Crippen LogP contribution in [0.25, 0.3) is 11.3 Å². The fourth-order valence-corrected chi connectivity index (χ4v) is 4.09. The van der Waals surface area contributed by atoms with E-state index in [1.165, 1.54) is 0 Å². The van der Waals surface area contributed by atoms with Crippen LogP contribution in [0.15, 0.2) is 40.8 Å². The van der Waals surface area contributed by atoms with Crippen LogP contribution in [0.4, 0.5) is 0 Å². The van der Waals surface area contributed by atoms with Crippen molar-refractivity contribution in [2.45, 2.75) is 31.7 Å². The molecule has 0 radical (unpaired) electrons. The number of hydrogen-bond donors (Lipinski definition) is 0. The Morgan fingerprint density at radius 3 is 2.76 bits per heavy atom. The van der Waals surface area contributed by atoms with Crippen molar-refractivity contribution in [3.05, 3.63) is 59.4 Å². The van der Waals surface area contributed by atoms with E-state index < -0.39 is 0 Å². The molecule has 0 bridgehead atoms. The highest BCUT2D eigenvalue weighted by molar-refractivity contribution is 5.93. The molecule has 0 spiro atoms. The molecule has 1 aromatic carbocycles. The summed E-state index contributed by atoms with van der Waals surface area (Å²) in [6.45, 7) is 2.62. The lowest BCUT2D eigenvalue weighted by atomic mass is 10.0. The van der Waals surface area contributed by atoms with Crippen molar-refractivity contribution in [1.29, 1.82) is 0 Å². The molecule has 1 fully saturated rings. The van der Waals surface area contributed by atoms with Crippen molar-refractivity contribution in [1.82, 2.24) is 19.7 Å². The molecule has 0 unspecified atom stereocenters. The number of rotatable bonds is 3. The molecule has 0 aliphatic carbocycles. The van der Waals surface area contributed by atoms with Gasteiger partial charge in [-0.25, -0.2) is 4.98 Å². The minimum Gasteiger partial charge on any atom is -0.445 e. The smallest absolute Gasteiger partial charge is 0.272 e. The van der Waals surface area contributed by atoms with Crippen molar-refractivity contribution in [2.75, 3.05) is 19.8 Å². The second kappa shape index (κ2) is 7.48. The van der Waals surface area contributed by atoms with Crippen LogP contribution >= 0.6 is 0 Å². The van der Waals surface area contributed by atoms with Crippen molar-refractivity contribution in [2.24, 2.45) is 7.05 Å². The third-order valence-corrected chi connectivity index (χ3v) is 5.77. The van der Waals surface area contributed by atoms with Crippen molar-refractivity contribution in [3.63, 3.8) is 0 Å². The second-order valence-electron chi connectivity index (χ2n) is 7.69. The molecule has 2 aromatic heterocycles. The van der Waals surface area contributed by atoms with Gasteiger partial charge in [-0.2, -0.15) is 5.10 Å². The largest absolute Gasteiger partial charge is 0.445 e. The fourth-order valence-electron chi connectivity index (χ4n) is 4.09. The Kier molecular flexibility index (Phi) is 4.67. The van der Waals surface area contributed by atoms with E-state index in [4.69, 9.17) is 14.1 Å². The number of benzene rings is 1. The van der Waals surface area contributed by atoms with E-state index in [2.05, 4.69) is 5.10 Å². The molecule has 4 heterocycles. The zero-order valence-electron chi connectivity index (χ0n) is 16.5. The summed E-state index contributed by atoms with van der Waals surface area (Å²) in [7, 11) is 1.81. The first-order valence-corrected chi connectivity index (χ1v) is 10.1. The van der Waals surface area contributed by atoms with Crippen LogP contribution in [0.5, 0.6) is 0 Å². The number of aryl methyl sites for hydroxylation is 1. The SMILES string of the molecule is Cn1nc(-c2ccccc2)cc1C(=O)N1CCc2oc(C3CCOCC3)nc2C1. The summed E-state index contributed by atoms with van der Waals surface area (Å²) >= 11 is 0. The molecule has 0 N–H and O–H groups in total. The van der Waals surface area contributed by atoms with Gasteiger partial charge in [0.15, 0.2) is 5.89 Å². The maximum Gasteiger partial charge on any atom is 0.272 e. The Bertz CT molecular complexity index is 1020. The number of hydrogen-bond acceptors (Lipinski definition) is 5. The third-order valence-electron chi connectivity index (χ3n) is 5.77. The zero-order valence-corrected chi connectivity index (χ0v) is 16.5. The average Bonchev–Trinajstić information content (AvgIpc) is 3.37. The van der Waals surface area contributed by atoms with Crippen molar-refractivity contribution >= 4 is 5.91 Å². The van der Waals surface area contributed by atoms with E-state index in [0.29, 0.717) is 31.1 Å². The van der Waals surface area contributed by atoms with Gasteiger partial charge in [-0.15, -0.1) is 0 Å². The van der Waals surface area contributed by atoms with E-state index in [1.54, 1.807) is 4.68 Å². The second-order valence-corrected chi connectivity index (χ2v) is 7.69. The lowest BCUT2D eigenvalue weighted by Gasteiger charge is -2.25. The standard InChI is InChI=1S/C22H24N4O3/c1-25-19(13-17(24-25)15-5-3-2-4-6-15)22(27)26-10-7-20-18(14-26)23-21(29-20)16-8-11-28-12-9-16/h2-6,13,16H,7-12,14H2,1H3. The normalized spacial score (nSPS) is 17.3. The zero-order chi connectivity index (χ0) is 19.8. The van der Waals surface area contributed by atoms with Gasteiger partial charge in [-0.1, -0.05) is 30.3 Å². The summed E-state index contributed by atoms with van der Waals surface area (Å²) in [6, 6.07) is 11.8. The molecule has 3 aromatic rings. The number of nitrogens with zero attached hydrogens (tertiary/aromatic N) is 4. The topological polar surface area (TPSA) is 73.4 Å². The molecule has 5 rings (SSSR count). The van der Waals surface area contributed by atoms with Gasteiger partial charge in [0.1, 0.15) is 17.1 Å². The molecular formula is C22H24N4O3. The van der Waals surface area contributed by atoms with Crippen LogP contribution in [-0.4, -0.2) is 45.3 Å². The van der Waals surface area contributed by atoms with Crippen LogP contribution in [0.3, 0.4) is 0 Å². The molecule has 0 atom stereocenters. The summed E-state index contributed by atoms with van der Waals surface area (Å²) in [5.74, 6) is 2.03. The Labute approximate surface area is 169 Å². The first-order valence-electron chi connectivity index (χ1n) is 10.1. The van der Waals surface area contributed by atoms with Crippen LogP contribution in [0.1, 0.15) is 46.6 Å². The maximum absolute atomic E-state index is 13.2. The highest BCUT2D eigenvalue weighted by atomic mass is 16.5. The van der Waals surface area contributed by atoms with Crippen molar-refractivity contribution in [3.8, 4) is 11.3 Å². The molecular weight excluding hydrogens is 368 g/mol. The van der Waals surface area contributed by atoms with Gasteiger partial charge in [0.05, 0.1) is 12.2 Å². The fraction of sp³-hybridized carbons (Fsp3) is 0.409. The van der Waals surface area contributed by atoms with Crippen LogP contribution in [0.2, 0.25) is 0 Å². The minimum absolute atomic E-state index is 0.0246. The molecule has 150 valence electrons. The van der Waals surface area contributed by atoms with E-state index in [9.17, 15) is 4.79 Å². The van der Waals surface area contributed by atoms with Gasteiger partial charge in [0.25, 0.3) is 5.91 Å². The average molecular weight is 392 g/mol. The summed E-state index contributed by atoms with van der Waals surface area (Å²) in [4.78, 5) is 19.7. The molecule has 7 nitrogen and oxygen atoms in total. The number of fused-ring (bicyclic) bond motifs is 1. The number of amides is 1. The lowest BCUT2D eigenvalue weighted by molar-refractivity contribution is 0.0715. The molecule has 7 heteroatoms.